The largest absolute Gasteiger partial charge is 0.497 e. The predicted molar refractivity (Wildman–Crippen MR) is 106 cm³/mol. The molecule has 2 aliphatic rings. The van der Waals surface area contributed by atoms with Crippen molar-refractivity contribution in [2.45, 2.75) is 25.4 Å². The van der Waals surface area contributed by atoms with Crippen LogP contribution in [-0.4, -0.2) is 49.6 Å². The van der Waals surface area contributed by atoms with E-state index in [-0.39, 0.29) is 18.4 Å². The van der Waals surface area contributed by atoms with Crippen LogP contribution in [0.1, 0.15) is 29.6 Å². The van der Waals surface area contributed by atoms with Crippen molar-refractivity contribution in [1.29, 1.82) is 0 Å². The molecule has 2 aromatic rings. The molecule has 0 aromatic heterocycles. The Morgan fingerprint density at radius 3 is 2.43 bits per heavy atom. The summed E-state index contributed by atoms with van der Waals surface area (Å²) in [5.41, 5.74) is 1.23. The van der Waals surface area contributed by atoms with Crippen LogP contribution in [0.3, 0.4) is 0 Å². The number of carbonyl (C=O) groups excluding carboxylic acids is 2. The van der Waals surface area contributed by atoms with Gasteiger partial charge in [-0.05, 0) is 55.7 Å². The van der Waals surface area contributed by atoms with E-state index >= 15 is 0 Å². The quantitative estimate of drug-likeness (QED) is 0.821. The van der Waals surface area contributed by atoms with Crippen molar-refractivity contribution in [3.05, 3.63) is 54.1 Å². The number of amides is 2. The molecule has 0 saturated carbocycles. The molecule has 1 fully saturated rings. The first-order valence-corrected chi connectivity index (χ1v) is 9.68. The average Bonchev–Trinajstić information content (AvgIpc) is 2.78. The van der Waals surface area contributed by atoms with Crippen LogP contribution in [0.5, 0.6) is 11.5 Å². The number of nitrogens with zero attached hydrogens (tertiary/aromatic N) is 2. The van der Waals surface area contributed by atoms with Crippen molar-refractivity contribution >= 4 is 17.5 Å². The van der Waals surface area contributed by atoms with Crippen LogP contribution in [0.25, 0.3) is 0 Å². The van der Waals surface area contributed by atoms with Crippen LogP contribution in [0, 0.1) is 0 Å². The van der Waals surface area contributed by atoms with E-state index < -0.39 is 6.10 Å². The molecule has 2 aliphatic heterocycles. The molecule has 1 saturated heterocycles. The Bertz CT molecular complexity index is 859. The summed E-state index contributed by atoms with van der Waals surface area (Å²) in [6.45, 7) is 1.72. The fraction of sp³-hybridized carbons (Fsp3) is 0.364. The number of piperidine rings is 1. The van der Waals surface area contributed by atoms with Gasteiger partial charge in [0.1, 0.15) is 11.5 Å². The highest BCUT2D eigenvalue weighted by Crippen LogP contribution is 2.34. The average molecular weight is 380 g/mol. The zero-order valence-electron chi connectivity index (χ0n) is 16.0. The highest BCUT2D eigenvalue weighted by Gasteiger charge is 2.36. The van der Waals surface area contributed by atoms with E-state index in [1.54, 1.807) is 42.3 Å². The second-order valence-corrected chi connectivity index (χ2v) is 7.10. The number of rotatable bonds is 3. The SMILES string of the molecule is COc1ccc(C(=O)N2C[C@H](C(=O)N3CCCCC3)Oc3ccccc32)cc1. The minimum Gasteiger partial charge on any atom is -0.497 e. The summed E-state index contributed by atoms with van der Waals surface area (Å²) in [4.78, 5) is 29.7. The molecule has 0 radical (unpaired) electrons. The summed E-state index contributed by atoms with van der Waals surface area (Å²) in [6.07, 6.45) is 2.50. The van der Waals surface area contributed by atoms with Gasteiger partial charge in [-0.2, -0.15) is 0 Å². The van der Waals surface area contributed by atoms with Crippen molar-refractivity contribution in [1.82, 2.24) is 4.90 Å². The Morgan fingerprint density at radius 1 is 1.00 bits per heavy atom. The van der Waals surface area contributed by atoms with Crippen molar-refractivity contribution in [2.75, 3.05) is 31.6 Å². The van der Waals surface area contributed by atoms with E-state index in [0.717, 1.165) is 32.4 Å². The van der Waals surface area contributed by atoms with Crippen LogP contribution in [0.2, 0.25) is 0 Å². The van der Waals surface area contributed by atoms with Gasteiger partial charge in [0.15, 0.2) is 6.10 Å². The normalized spacial score (nSPS) is 18.8. The predicted octanol–water partition coefficient (Wildman–Crippen LogP) is 3.12. The van der Waals surface area contributed by atoms with Crippen LogP contribution >= 0.6 is 0 Å². The van der Waals surface area contributed by atoms with Crippen LogP contribution in [0.15, 0.2) is 48.5 Å². The van der Waals surface area contributed by atoms with Gasteiger partial charge in [0.05, 0.1) is 19.3 Å². The third kappa shape index (κ3) is 3.54. The minimum atomic E-state index is -0.685. The Balaban J connectivity index is 1.61. The molecule has 0 spiro atoms. The molecule has 2 amide bonds. The minimum absolute atomic E-state index is 0.0401. The summed E-state index contributed by atoms with van der Waals surface area (Å²) >= 11 is 0. The topological polar surface area (TPSA) is 59.1 Å². The lowest BCUT2D eigenvalue weighted by atomic mass is 10.1. The number of methoxy groups -OCH3 is 1. The molecule has 0 bridgehead atoms. The maximum absolute atomic E-state index is 13.2. The maximum Gasteiger partial charge on any atom is 0.265 e. The first kappa shape index (κ1) is 18.3. The van der Waals surface area contributed by atoms with Gasteiger partial charge in [-0.3, -0.25) is 9.59 Å². The van der Waals surface area contributed by atoms with Crippen molar-refractivity contribution in [3.63, 3.8) is 0 Å². The molecular formula is C22H24N2O4. The Labute approximate surface area is 164 Å². The highest BCUT2D eigenvalue weighted by atomic mass is 16.5. The van der Waals surface area contributed by atoms with E-state index in [2.05, 4.69) is 0 Å². The van der Waals surface area contributed by atoms with Gasteiger partial charge >= 0.3 is 0 Å². The fourth-order valence-corrected chi connectivity index (χ4v) is 3.76. The molecule has 2 heterocycles. The number of benzene rings is 2. The third-order valence-corrected chi connectivity index (χ3v) is 5.30. The van der Waals surface area contributed by atoms with Gasteiger partial charge in [0, 0.05) is 18.7 Å². The highest BCUT2D eigenvalue weighted by molar-refractivity contribution is 6.08. The number of carbonyl (C=O) groups is 2. The Morgan fingerprint density at radius 2 is 1.71 bits per heavy atom. The summed E-state index contributed by atoms with van der Waals surface area (Å²) < 4.78 is 11.2. The smallest absolute Gasteiger partial charge is 0.265 e. The lowest BCUT2D eigenvalue weighted by Crippen LogP contribution is -2.52. The number of anilines is 1. The molecule has 28 heavy (non-hydrogen) atoms. The summed E-state index contributed by atoms with van der Waals surface area (Å²) in [6, 6.07) is 14.4. The van der Waals surface area contributed by atoms with Gasteiger partial charge in [0.2, 0.25) is 0 Å². The van der Waals surface area contributed by atoms with Crippen LogP contribution < -0.4 is 14.4 Å². The number of fused-ring (bicyclic) bond motifs is 1. The lowest BCUT2D eigenvalue weighted by molar-refractivity contribution is -0.139. The molecule has 2 aromatic carbocycles. The number of para-hydroxylation sites is 2. The molecular weight excluding hydrogens is 356 g/mol. The fourth-order valence-electron chi connectivity index (χ4n) is 3.76. The summed E-state index contributed by atoms with van der Waals surface area (Å²) in [5.74, 6) is 1.06. The van der Waals surface area contributed by atoms with E-state index in [9.17, 15) is 9.59 Å². The number of hydrogen-bond acceptors (Lipinski definition) is 4. The molecule has 0 unspecified atom stereocenters. The van der Waals surface area contributed by atoms with Crippen molar-refractivity contribution in [2.24, 2.45) is 0 Å². The monoisotopic (exact) mass is 380 g/mol. The second-order valence-electron chi connectivity index (χ2n) is 7.10. The Kier molecular flexibility index (Phi) is 5.19. The first-order valence-electron chi connectivity index (χ1n) is 9.68. The molecule has 0 aliphatic carbocycles. The van der Waals surface area contributed by atoms with Gasteiger partial charge in [-0.15, -0.1) is 0 Å². The summed E-state index contributed by atoms with van der Waals surface area (Å²) in [7, 11) is 1.59. The van der Waals surface area contributed by atoms with Crippen LogP contribution in [0.4, 0.5) is 5.69 Å². The number of ether oxygens (including phenoxy) is 2. The van der Waals surface area contributed by atoms with Gasteiger partial charge < -0.3 is 19.3 Å². The van der Waals surface area contributed by atoms with Gasteiger partial charge in [-0.25, -0.2) is 0 Å². The molecule has 6 nitrogen and oxygen atoms in total. The number of hydrogen-bond donors (Lipinski definition) is 0. The van der Waals surface area contributed by atoms with E-state index in [4.69, 9.17) is 9.47 Å². The molecule has 4 rings (SSSR count). The van der Waals surface area contributed by atoms with Crippen molar-refractivity contribution < 1.29 is 19.1 Å². The third-order valence-electron chi connectivity index (χ3n) is 5.30. The molecule has 146 valence electrons. The lowest BCUT2D eigenvalue weighted by Gasteiger charge is -2.37. The molecule has 6 heteroatoms. The first-order chi connectivity index (χ1) is 13.7. The Hall–Kier alpha value is -3.02. The second kappa shape index (κ2) is 7.92. The zero-order chi connectivity index (χ0) is 19.5. The van der Waals surface area contributed by atoms with E-state index in [1.807, 2.05) is 23.1 Å². The van der Waals surface area contributed by atoms with Gasteiger partial charge in [-0.1, -0.05) is 12.1 Å². The van der Waals surface area contributed by atoms with E-state index in [1.165, 1.54) is 0 Å². The number of likely N-dealkylation sites (tertiary alicyclic amines) is 1. The zero-order valence-corrected chi connectivity index (χ0v) is 16.0. The maximum atomic E-state index is 13.2. The van der Waals surface area contributed by atoms with Crippen LogP contribution in [-0.2, 0) is 4.79 Å². The molecule has 0 N–H and O–H groups in total. The van der Waals surface area contributed by atoms with E-state index in [0.29, 0.717) is 22.7 Å². The standard InChI is InChI=1S/C22H24N2O4/c1-27-17-11-9-16(10-12-17)21(25)24-15-20(22(26)23-13-5-2-6-14-23)28-19-8-4-3-7-18(19)24/h3-4,7-12,20H,2,5-6,13-15H2,1H3/t20-/m1/s1. The molecule has 1 atom stereocenters. The van der Waals surface area contributed by atoms with Crippen molar-refractivity contribution in [3.8, 4) is 11.5 Å². The summed E-state index contributed by atoms with van der Waals surface area (Å²) in [5, 5.41) is 0. The van der Waals surface area contributed by atoms with Gasteiger partial charge in [0.25, 0.3) is 11.8 Å².